The highest BCUT2D eigenvalue weighted by Gasteiger charge is 2.35. The number of benzene rings is 2. The van der Waals surface area contributed by atoms with Crippen LogP contribution in [0.3, 0.4) is 0 Å². The molecule has 1 aliphatic heterocycles. The van der Waals surface area contributed by atoms with Gasteiger partial charge in [0, 0.05) is 25.4 Å². The molecular formula is C31H46N8O6. The molecule has 1 unspecified atom stereocenters. The molecule has 45 heavy (non-hydrogen) atoms. The second kappa shape index (κ2) is 16.7. The molecule has 2 aromatic rings. The van der Waals surface area contributed by atoms with Crippen molar-refractivity contribution in [1.29, 1.82) is 0 Å². The van der Waals surface area contributed by atoms with Gasteiger partial charge < -0.3 is 54.4 Å². The van der Waals surface area contributed by atoms with Crippen LogP contribution in [0.1, 0.15) is 49.7 Å². The quantitative estimate of drug-likeness (QED) is 0.142. The second-order valence-corrected chi connectivity index (χ2v) is 11.3. The van der Waals surface area contributed by atoms with Crippen molar-refractivity contribution in [3.8, 4) is 22.6 Å². The lowest BCUT2D eigenvalue weighted by molar-refractivity contribution is -0.134. The standard InChI is InChI=1S/C31H46N8O6/c1-17-21-15-19(7-9-26(21)41)18-6-8-25(40)20(14-18)16-22(35)28(42)37-24(5-3-11-33)30(44)39-27(17)31(45)38-23(4-2-10-32)29(43)36-13-12-34/h6-9,14-15,17,22-24,27,40-41H,2-5,10-13,16,32-35H2,1H3,(H,36,43)(H,37,42)(H,38,45)(H,39,44)/t17-,22+,23+,24+,27?/m1/s1. The Bertz CT molecular complexity index is 1360. The lowest BCUT2D eigenvalue weighted by Gasteiger charge is -2.29. The topological polar surface area (TPSA) is 261 Å². The molecule has 0 aliphatic carbocycles. The number of carbonyl (C=O) groups excluding carboxylic acids is 4. The Morgan fingerprint density at radius 1 is 0.933 bits per heavy atom. The summed E-state index contributed by atoms with van der Waals surface area (Å²) in [6.07, 6.45) is 1.21. The molecule has 4 amide bonds. The van der Waals surface area contributed by atoms with E-state index in [-0.39, 0.29) is 56.9 Å². The summed E-state index contributed by atoms with van der Waals surface area (Å²) in [5.74, 6) is -3.40. The molecule has 4 bridgehead atoms. The SMILES string of the molecule is C[C@@H]1c2cc(ccc2O)-c2ccc(O)c(c2)C[C@H](N)C(=O)N[C@@H](CCCN)C(=O)NC1C(=O)N[C@@H](CCCN)C(=O)NCCN. The molecule has 0 fully saturated rings. The van der Waals surface area contributed by atoms with E-state index in [2.05, 4.69) is 21.3 Å². The third-order valence-electron chi connectivity index (χ3n) is 7.89. The predicted molar refractivity (Wildman–Crippen MR) is 170 cm³/mol. The minimum atomic E-state index is -1.28. The molecule has 1 aliphatic rings. The molecule has 2 aromatic carbocycles. The van der Waals surface area contributed by atoms with E-state index in [0.717, 1.165) is 0 Å². The fraction of sp³-hybridized carbons (Fsp3) is 0.484. The Balaban J connectivity index is 2.11. The van der Waals surface area contributed by atoms with E-state index in [4.69, 9.17) is 22.9 Å². The van der Waals surface area contributed by atoms with Crippen LogP contribution in [0.4, 0.5) is 0 Å². The van der Waals surface area contributed by atoms with Gasteiger partial charge in [-0.25, -0.2) is 0 Å². The molecule has 0 saturated heterocycles. The van der Waals surface area contributed by atoms with Gasteiger partial charge in [0.15, 0.2) is 0 Å². The van der Waals surface area contributed by atoms with Crippen molar-refractivity contribution in [2.45, 2.75) is 69.1 Å². The van der Waals surface area contributed by atoms with Crippen molar-refractivity contribution in [3.63, 3.8) is 0 Å². The monoisotopic (exact) mass is 626 g/mol. The van der Waals surface area contributed by atoms with Gasteiger partial charge >= 0.3 is 0 Å². The van der Waals surface area contributed by atoms with Gasteiger partial charge in [-0.05, 0) is 85.3 Å². The number of hydrogen-bond acceptors (Lipinski definition) is 10. The summed E-state index contributed by atoms with van der Waals surface area (Å²) < 4.78 is 0. The first kappa shape index (κ1) is 35.2. The average molecular weight is 627 g/mol. The summed E-state index contributed by atoms with van der Waals surface area (Å²) in [5, 5.41) is 32.3. The van der Waals surface area contributed by atoms with Crippen molar-refractivity contribution in [2.75, 3.05) is 26.2 Å². The second-order valence-electron chi connectivity index (χ2n) is 11.3. The molecule has 14 N–H and O–H groups in total. The highest BCUT2D eigenvalue weighted by Crippen LogP contribution is 2.34. The Morgan fingerprint density at radius 2 is 1.60 bits per heavy atom. The van der Waals surface area contributed by atoms with Crippen LogP contribution >= 0.6 is 0 Å². The number of fused-ring (bicyclic) bond motifs is 5. The molecule has 1 heterocycles. The molecule has 5 atom stereocenters. The Morgan fingerprint density at radius 3 is 2.27 bits per heavy atom. The van der Waals surface area contributed by atoms with E-state index in [0.29, 0.717) is 35.1 Å². The van der Waals surface area contributed by atoms with E-state index in [1.807, 2.05) is 0 Å². The van der Waals surface area contributed by atoms with Crippen molar-refractivity contribution in [1.82, 2.24) is 21.3 Å². The third kappa shape index (κ3) is 9.38. The van der Waals surface area contributed by atoms with Crippen molar-refractivity contribution < 1.29 is 29.4 Å². The van der Waals surface area contributed by atoms with Gasteiger partial charge in [0.25, 0.3) is 0 Å². The Hall–Kier alpha value is -4.24. The molecular weight excluding hydrogens is 580 g/mol. The van der Waals surface area contributed by atoms with E-state index in [1.54, 1.807) is 31.2 Å². The lowest BCUT2D eigenvalue weighted by atomic mass is 9.88. The summed E-state index contributed by atoms with van der Waals surface area (Å²) in [6, 6.07) is 5.27. The van der Waals surface area contributed by atoms with Crippen LogP contribution in [0, 0.1) is 0 Å². The van der Waals surface area contributed by atoms with Crippen molar-refractivity contribution in [2.24, 2.45) is 22.9 Å². The van der Waals surface area contributed by atoms with Gasteiger partial charge in [-0.15, -0.1) is 0 Å². The third-order valence-corrected chi connectivity index (χ3v) is 7.89. The van der Waals surface area contributed by atoms with E-state index >= 15 is 0 Å². The fourth-order valence-electron chi connectivity index (χ4n) is 5.25. The Kier molecular flexibility index (Phi) is 13.1. The summed E-state index contributed by atoms with van der Waals surface area (Å²) in [6.45, 7) is 2.60. The highest BCUT2D eigenvalue weighted by molar-refractivity contribution is 5.95. The van der Waals surface area contributed by atoms with Gasteiger partial charge in [-0.2, -0.15) is 0 Å². The normalized spacial score (nSPS) is 21.0. The molecule has 3 rings (SSSR count). The maximum absolute atomic E-state index is 13.9. The van der Waals surface area contributed by atoms with Crippen molar-refractivity contribution in [3.05, 3.63) is 47.5 Å². The minimum Gasteiger partial charge on any atom is -0.508 e. The van der Waals surface area contributed by atoms with Crippen LogP contribution in [0.5, 0.6) is 11.5 Å². The molecule has 246 valence electrons. The largest absolute Gasteiger partial charge is 0.508 e. The number of nitrogens with one attached hydrogen (secondary N) is 4. The van der Waals surface area contributed by atoms with Crippen LogP contribution in [-0.2, 0) is 25.6 Å². The number of rotatable bonds is 11. The van der Waals surface area contributed by atoms with E-state index < -0.39 is 53.7 Å². The average Bonchev–Trinajstić information content (AvgIpc) is 3.02. The zero-order valence-corrected chi connectivity index (χ0v) is 25.6. The summed E-state index contributed by atoms with van der Waals surface area (Å²) in [4.78, 5) is 53.7. The number of aromatic hydroxyl groups is 2. The number of carbonyl (C=O) groups is 4. The van der Waals surface area contributed by atoms with Crippen LogP contribution in [0.2, 0.25) is 0 Å². The molecule has 14 heteroatoms. The molecule has 0 aromatic heterocycles. The van der Waals surface area contributed by atoms with E-state index in [1.165, 1.54) is 12.1 Å². The molecule has 0 saturated carbocycles. The van der Waals surface area contributed by atoms with Crippen LogP contribution in [-0.4, -0.2) is 84.2 Å². The van der Waals surface area contributed by atoms with Crippen LogP contribution in [0.15, 0.2) is 36.4 Å². The fourth-order valence-corrected chi connectivity index (χ4v) is 5.25. The van der Waals surface area contributed by atoms with E-state index in [9.17, 15) is 29.4 Å². The van der Waals surface area contributed by atoms with Gasteiger partial charge in [-0.1, -0.05) is 19.1 Å². The van der Waals surface area contributed by atoms with Crippen molar-refractivity contribution >= 4 is 23.6 Å². The van der Waals surface area contributed by atoms with Gasteiger partial charge in [0.2, 0.25) is 23.6 Å². The Labute approximate surface area is 262 Å². The van der Waals surface area contributed by atoms with Gasteiger partial charge in [-0.3, -0.25) is 19.2 Å². The zero-order valence-electron chi connectivity index (χ0n) is 25.6. The van der Waals surface area contributed by atoms with Gasteiger partial charge in [0.05, 0.1) is 6.04 Å². The minimum absolute atomic E-state index is 0.0144. The summed E-state index contributed by atoms with van der Waals surface area (Å²) in [7, 11) is 0. The smallest absolute Gasteiger partial charge is 0.243 e. The maximum Gasteiger partial charge on any atom is 0.243 e. The van der Waals surface area contributed by atoms with Crippen LogP contribution in [0.25, 0.3) is 11.1 Å². The zero-order chi connectivity index (χ0) is 33.1. The number of hydrogen-bond donors (Lipinski definition) is 10. The maximum atomic E-state index is 13.9. The number of nitrogens with two attached hydrogens (primary N) is 4. The number of phenols is 2. The molecule has 0 radical (unpaired) electrons. The first-order valence-corrected chi connectivity index (χ1v) is 15.2. The summed E-state index contributed by atoms with van der Waals surface area (Å²) in [5.41, 5.74) is 25.2. The first-order valence-electron chi connectivity index (χ1n) is 15.2. The number of phenolic OH excluding ortho intramolecular Hbond substituents is 2. The molecule has 0 spiro atoms. The van der Waals surface area contributed by atoms with Crippen LogP contribution < -0.4 is 44.2 Å². The number of amides is 4. The summed E-state index contributed by atoms with van der Waals surface area (Å²) >= 11 is 0. The highest BCUT2D eigenvalue weighted by atomic mass is 16.3. The van der Waals surface area contributed by atoms with Gasteiger partial charge in [0.1, 0.15) is 29.6 Å². The predicted octanol–water partition coefficient (Wildman–Crippen LogP) is -1.24. The first-order chi connectivity index (χ1) is 21.5. The molecule has 14 nitrogen and oxygen atoms in total. The lowest BCUT2D eigenvalue weighted by Crippen LogP contribution is -2.59.